The molecule has 1 aromatic carbocycles. The number of amides is 2. The van der Waals surface area contributed by atoms with Crippen LogP contribution >= 0.6 is 0 Å². The zero-order valence-electron chi connectivity index (χ0n) is 10.1. The van der Waals surface area contributed by atoms with Gasteiger partial charge in [0.25, 0.3) is 5.92 Å². The molecular weight excluding hydrogens is 285 g/mol. The zero-order valence-corrected chi connectivity index (χ0v) is 10.1. The molecule has 0 fully saturated rings. The topological polar surface area (TPSA) is 67.1 Å². The summed E-state index contributed by atoms with van der Waals surface area (Å²) in [4.78, 5) is 11.3. The minimum Gasteiger partial charge on any atom is -0.332 e. The molecule has 9 heteroatoms. The summed E-state index contributed by atoms with van der Waals surface area (Å²) in [5.41, 5.74) is 3.17. The minimum atomic E-state index is -4.66. The van der Waals surface area contributed by atoms with E-state index in [1.165, 1.54) is 6.07 Å². The van der Waals surface area contributed by atoms with Gasteiger partial charge >= 0.3 is 12.2 Å². The third kappa shape index (κ3) is 4.65. The van der Waals surface area contributed by atoms with E-state index in [2.05, 4.69) is 0 Å². The number of carbonyl (C=O) groups excluding carboxylic acids is 1. The molecule has 2 amide bonds. The fraction of sp³-hybridized carbons (Fsp3) is 0.364. The number of alkyl halides is 5. The van der Waals surface area contributed by atoms with Crippen LogP contribution in [0.5, 0.6) is 0 Å². The lowest BCUT2D eigenvalue weighted by atomic mass is 10.1. The highest BCUT2D eigenvalue weighted by Crippen LogP contribution is 2.34. The molecule has 0 spiro atoms. The van der Waals surface area contributed by atoms with Crippen molar-refractivity contribution in [2.24, 2.45) is 5.73 Å². The Morgan fingerprint density at radius 3 is 2.30 bits per heavy atom. The number of carbonyl (C=O) groups is 1. The Bertz CT molecular complexity index is 475. The summed E-state index contributed by atoms with van der Waals surface area (Å²) in [7, 11) is 0. The molecule has 0 unspecified atom stereocenters. The first kappa shape index (κ1) is 16.2. The molecule has 0 saturated heterocycles. The Balaban J connectivity index is 2.72. The van der Waals surface area contributed by atoms with Crippen LogP contribution in [0.4, 0.5) is 32.4 Å². The van der Waals surface area contributed by atoms with E-state index in [0.29, 0.717) is 0 Å². The van der Waals surface area contributed by atoms with E-state index < -0.39 is 42.5 Å². The lowest BCUT2D eigenvalue weighted by molar-refractivity contribution is -0.136. The fourth-order valence-corrected chi connectivity index (χ4v) is 1.29. The molecule has 0 aromatic heterocycles. The number of hydrogen-bond donors (Lipinski definition) is 3. The van der Waals surface area contributed by atoms with E-state index >= 15 is 0 Å². The molecule has 0 radical (unpaired) electrons. The summed E-state index contributed by atoms with van der Waals surface area (Å²) >= 11 is 0. The average Bonchev–Trinajstić information content (AvgIpc) is 2.36. The molecule has 112 valence electrons. The van der Waals surface area contributed by atoms with E-state index in [1.807, 2.05) is 5.32 Å². The van der Waals surface area contributed by atoms with Gasteiger partial charge in [-0.15, -0.1) is 0 Å². The molecule has 0 atom stereocenters. The molecule has 0 aliphatic carbocycles. The van der Waals surface area contributed by atoms with Gasteiger partial charge in [-0.2, -0.15) is 13.2 Å². The maximum absolute atomic E-state index is 12.8. The third-order valence-corrected chi connectivity index (χ3v) is 2.29. The molecule has 4 nitrogen and oxygen atoms in total. The molecule has 0 saturated carbocycles. The van der Waals surface area contributed by atoms with Crippen LogP contribution in [-0.2, 0) is 6.18 Å². The number of nitrogens with one attached hydrogen (secondary N) is 2. The third-order valence-electron chi connectivity index (χ3n) is 2.29. The summed E-state index contributed by atoms with van der Waals surface area (Å²) in [5, 5.41) is 3.62. The van der Waals surface area contributed by atoms with Crippen molar-refractivity contribution < 1.29 is 26.7 Å². The van der Waals surface area contributed by atoms with E-state index in [4.69, 9.17) is 5.73 Å². The van der Waals surface area contributed by atoms with Crippen molar-refractivity contribution in [2.45, 2.75) is 12.1 Å². The number of nitrogens with two attached hydrogens (primary N) is 1. The molecule has 0 aliphatic rings. The van der Waals surface area contributed by atoms with Crippen molar-refractivity contribution in [2.75, 3.05) is 18.4 Å². The van der Waals surface area contributed by atoms with Gasteiger partial charge in [-0.25, -0.2) is 13.6 Å². The largest absolute Gasteiger partial charge is 0.418 e. The monoisotopic (exact) mass is 297 g/mol. The lowest BCUT2D eigenvalue weighted by Crippen LogP contribution is -2.43. The SMILES string of the molecule is NCC(F)(F)CNC(=O)Nc1ccccc1C(F)(F)F. The van der Waals surface area contributed by atoms with E-state index in [1.54, 1.807) is 5.32 Å². The summed E-state index contributed by atoms with van der Waals surface area (Å²) in [6.45, 7) is -2.05. The Morgan fingerprint density at radius 2 is 1.75 bits per heavy atom. The second-order valence-corrected chi connectivity index (χ2v) is 3.91. The Morgan fingerprint density at radius 1 is 1.15 bits per heavy atom. The van der Waals surface area contributed by atoms with Gasteiger partial charge in [-0.1, -0.05) is 12.1 Å². The van der Waals surface area contributed by atoms with Gasteiger partial charge in [0.15, 0.2) is 0 Å². The van der Waals surface area contributed by atoms with E-state index in [-0.39, 0.29) is 0 Å². The van der Waals surface area contributed by atoms with Gasteiger partial charge in [0.2, 0.25) is 0 Å². The van der Waals surface area contributed by atoms with Crippen LogP contribution in [0.3, 0.4) is 0 Å². The van der Waals surface area contributed by atoms with Crippen molar-refractivity contribution in [1.82, 2.24) is 5.32 Å². The predicted molar refractivity (Wildman–Crippen MR) is 62.5 cm³/mol. The van der Waals surface area contributed by atoms with Gasteiger partial charge in [0, 0.05) is 0 Å². The summed E-state index contributed by atoms with van der Waals surface area (Å²) in [6, 6.07) is 3.04. The van der Waals surface area contributed by atoms with Gasteiger partial charge in [0.1, 0.15) is 0 Å². The first-order valence-electron chi connectivity index (χ1n) is 5.45. The molecule has 0 heterocycles. The second-order valence-electron chi connectivity index (χ2n) is 3.91. The maximum atomic E-state index is 12.8. The van der Waals surface area contributed by atoms with E-state index in [9.17, 15) is 26.7 Å². The number of benzene rings is 1. The van der Waals surface area contributed by atoms with Crippen LogP contribution in [0, 0.1) is 0 Å². The van der Waals surface area contributed by atoms with Crippen LogP contribution in [0.2, 0.25) is 0 Å². The van der Waals surface area contributed by atoms with Crippen molar-refractivity contribution in [1.29, 1.82) is 0 Å². The quantitative estimate of drug-likeness (QED) is 0.747. The number of halogens is 5. The average molecular weight is 297 g/mol. The predicted octanol–water partition coefficient (Wildman–Crippen LogP) is 2.42. The van der Waals surface area contributed by atoms with Gasteiger partial charge in [-0.05, 0) is 12.1 Å². The smallest absolute Gasteiger partial charge is 0.332 e. The Hall–Kier alpha value is -1.90. The summed E-state index contributed by atoms with van der Waals surface area (Å²) in [6.07, 6.45) is -4.66. The maximum Gasteiger partial charge on any atom is 0.418 e. The van der Waals surface area contributed by atoms with Gasteiger partial charge in [-0.3, -0.25) is 0 Å². The van der Waals surface area contributed by atoms with Crippen LogP contribution in [0.25, 0.3) is 0 Å². The normalized spacial score (nSPS) is 12.1. The zero-order chi connectivity index (χ0) is 15.4. The fourth-order valence-electron chi connectivity index (χ4n) is 1.29. The highest BCUT2D eigenvalue weighted by Gasteiger charge is 2.34. The number of urea groups is 1. The second kappa shape index (κ2) is 6.04. The lowest BCUT2D eigenvalue weighted by Gasteiger charge is -2.16. The standard InChI is InChI=1S/C11H12F5N3O/c12-10(13,5-17)6-18-9(20)19-8-4-2-1-3-7(8)11(14,15)16/h1-4H,5-6,17H2,(H2,18,19,20). The number of hydrogen-bond acceptors (Lipinski definition) is 2. The number of rotatable bonds is 4. The van der Waals surface area contributed by atoms with Crippen LogP contribution in [-0.4, -0.2) is 25.0 Å². The molecule has 0 aliphatic heterocycles. The highest BCUT2D eigenvalue weighted by atomic mass is 19.4. The van der Waals surface area contributed by atoms with Crippen LogP contribution < -0.4 is 16.4 Å². The Kier molecular flexibility index (Phi) is 4.88. The molecular formula is C11H12F5N3O. The number of para-hydroxylation sites is 1. The first-order chi connectivity index (χ1) is 9.15. The summed E-state index contributed by atoms with van der Waals surface area (Å²) in [5.74, 6) is -3.32. The van der Waals surface area contributed by atoms with Crippen molar-refractivity contribution in [3.05, 3.63) is 29.8 Å². The highest BCUT2D eigenvalue weighted by molar-refractivity contribution is 5.90. The minimum absolute atomic E-state index is 0.520. The molecule has 0 bridgehead atoms. The molecule has 1 aromatic rings. The number of anilines is 1. The molecule has 1 rings (SSSR count). The van der Waals surface area contributed by atoms with Crippen LogP contribution in [0.15, 0.2) is 24.3 Å². The molecule has 4 N–H and O–H groups in total. The Labute approximate surface area is 111 Å². The molecule has 20 heavy (non-hydrogen) atoms. The van der Waals surface area contributed by atoms with Gasteiger partial charge < -0.3 is 16.4 Å². The van der Waals surface area contributed by atoms with E-state index in [0.717, 1.165) is 18.2 Å². The van der Waals surface area contributed by atoms with Crippen molar-refractivity contribution >= 4 is 11.7 Å². The summed E-state index contributed by atoms with van der Waals surface area (Å²) < 4.78 is 63.4. The van der Waals surface area contributed by atoms with Crippen molar-refractivity contribution in [3.8, 4) is 0 Å². The first-order valence-corrected chi connectivity index (χ1v) is 5.45. The van der Waals surface area contributed by atoms with Gasteiger partial charge in [0.05, 0.1) is 24.3 Å². The van der Waals surface area contributed by atoms with Crippen LogP contribution in [0.1, 0.15) is 5.56 Å². The van der Waals surface area contributed by atoms with Crippen molar-refractivity contribution in [3.63, 3.8) is 0 Å².